The van der Waals surface area contributed by atoms with Crippen LogP contribution in [0.3, 0.4) is 0 Å². The van der Waals surface area contributed by atoms with Crippen molar-refractivity contribution >= 4 is 17.5 Å². The molecule has 3 fully saturated rings. The Bertz CT molecular complexity index is 1230. The Balaban J connectivity index is 0.000000852. The average molecular weight is 701 g/mol. The molecule has 0 bridgehead atoms. The van der Waals surface area contributed by atoms with E-state index in [0.29, 0.717) is 6.08 Å². The van der Waals surface area contributed by atoms with Crippen LogP contribution in [0, 0.1) is 11.7 Å². The molecular weight excluding hydrogens is 642 g/mol. The molecule has 0 spiro atoms. The summed E-state index contributed by atoms with van der Waals surface area (Å²) in [6, 6.07) is 1.80. The van der Waals surface area contributed by atoms with E-state index in [1.54, 1.807) is 6.07 Å². The van der Waals surface area contributed by atoms with Crippen molar-refractivity contribution in [1.29, 1.82) is 0 Å². The molecule has 3 saturated carbocycles. The summed E-state index contributed by atoms with van der Waals surface area (Å²) in [4.78, 5) is 27.1. The third-order valence-corrected chi connectivity index (χ3v) is 8.50. The fraction of sp³-hybridized carbons (Fsp3) is 0.641. The van der Waals surface area contributed by atoms with Gasteiger partial charge in [-0.15, -0.1) is 0 Å². The van der Waals surface area contributed by atoms with Crippen molar-refractivity contribution in [1.82, 2.24) is 5.32 Å². The summed E-state index contributed by atoms with van der Waals surface area (Å²) < 4.78 is 83.1. The number of nitrogens with zero attached hydrogens (tertiary/aromatic N) is 1. The minimum Gasteiger partial charge on any atom is -0.351 e. The van der Waals surface area contributed by atoms with Crippen LogP contribution in [0.15, 0.2) is 54.2 Å². The highest BCUT2D eigenvalue weighted by Crippen LogP contribution is 2.41. The van der Waals surface area contributed by atoms with Gasteiger partial charge < -0.3 is 5.32 Å². The first-order valence-electron chi connectivity index (χ1n) is 17.9. The molecule has 4 nitrogen and oxygen atoms in total. The van der Waals surface area contributed by atoms with Gasteiger partial charge in [-0.1, -0.05) is 97.9 Å². The summed E-state index contributed by atoms with van der Waals surface area (Å²) in [5.74, 6) is -4.07. The molecule has 1 unspecified atom stereocenters. The van der Waals surface area contributed by atoms with Crippen LogP contribution in [0.4, 0.5) is 32.0 Å². The number of benzene rings is 1. The Morgan fingerprint density at radius 3 is 1.90 bits per heavy atom. The molecule has 1 aromatic rings. The number of anilines is 1. The topological polar surface area (TPSA) is 49.4 Å². The van der Waals surface area contributed by atoms with Gasteiger partial charge >= 0.3 is 6.18 Å². The van der Waals surface area contributed by atoms with Crippen molar-refractivity contribution in [3.05, 3.63) is 65.5 Å². The van der Waals surface area contributed by atoms with Gasteiger partial charge in [-0.25, -0.2) is 13.2 Å². The fourth-order valence-electron chi connectivity index (χ4n) is 5.42. The summed E-state index contributed by atoms with van der Waals surface area (Å²) in [5.41, 5.74) is -0.953. The minimum absolute atomic E-state index is 0.0498. The molecule has 0 radical (unpaired) electrons. The molecule has 1 aromatic carbocycles. The van der Waals surface area contributed by atoms with Crippen LogP contribution in [-0.4, -0.2) is 36.0 Å². The molecule has 278 valence electrons. The van der Waals surface area contributed by atoms with E-state index in [1.165, 1.54) is 50.7 Å². The van der Waals surface area contributed by atoms with E-state index in [0.717, 1.165) is 55.2 Å². The van der Waals surface area contributed by atoms with E-state index in [4.69, 9.17) is 0 Å². The Labute approximate surface area is 290 Å². The highest BCUT2D eigenvalue weighted by atomic mass is 19.4. The first kappa shape index (κ1) is 44.0. The second-order valence-corrected chi connectivity index (χ2v) is 13.1. The van der Waals surface area contributed by atoms with Crippen molar-refractivity contribution in [2.75, 3.05) is 4.90 Å². The number of rotatable bonds is 9. The zero-order chi connectivity index (χ0) is 37.4. The number of nitrogens with one attached hydrogen (secondary N) is 1. The van der Waals surface area contributed by atoms with Crippen molar-refractivity contribution in [3.8, 4) is 0 Å². The molecular formula is C39H58F6N2O2. The van der Waals surface area contributed by atoms with Gasteiger partial charge in [0, 0.05) is 25.8 Å². The molecule has 2 amide bonds. The monoisotopic (exact) mass is 700 g/mol. The number of carbonyl (C=O) groups excluding carboxylic acids is 2. The lowest BCUT2D eigenvalue weighted by Crippen LogP contribution is -2.53. The number of allylic oxidation sites excluding steroid dienone is 3. The van der Waals surface area contributed by atoms with Crippen LogP contribution in [0.25, 0.3) is 0 Å². The first-order valence-corrected chi connectivity index (χ1v) is 17.9. The molecule has 3 aliphatic rings. The zero-order valence-corrected chi connectivity index (χ0v) is 30.5. The molecule has 0 aliphatic heterocycles. The number of carbonyl (C=O) groups is 2. The van der Waals surface area contributed by atoms with Crippen LogP contribution >= 0.6 is 0 Å². The predicted molar refractivity (Wildman–Crippen MR) is 188 cm³/mol. The maximum Gasteiger partial charge on any atom is 0.416 e. The number of amides is 2. The molecule has 10 heteroatoms. The van der Waals surface area contributed by atoms with Crippen molar-refractivity contribution in [2.45, 2.75) is 156 Å². The lowest BCUT2D eigenvalue weighted by atomic mass is 9.84. The molecule has 1 N–H and O–H groups in total. The number of alkyl halides is 5. The molecule has 3 aliphatic carbocycles. The molecule has 49 heavy (non-hydrogen) atoms. The van der Waals surface area contributed by atoms with Gasteiger partial charge in [0.1, 0.15) is 11.9 Å². The maximum absolute atomic E-state index is 15.3. The van der Waals surface area contributed by atoms with Crippen LogP contribution in [0.5, 0.6) is 0 Å². The highest BCUT2D eigenvalue weighted by Gasteiger charge is 2.40. The summed E-state index contributed by atoms with van der Waals surface area (Å²) >= 11 is 0. The average Bonchev–Trinajstić information content (AvgIpc) is 3.84. The molecule has 4 rings (SSSR count). The van der Waals surface area contributed by atoms with Gasteiger partial charge in [0.15, 0.2) is 0 Å². The van der Waals surface area contributed by atoms with Crippen LogP contribution in [-0.2, 0) is 9.59 Å². The maximum atomic E-state index is 15.3. The molecule has 1 atom stereocenters. The van der Waals surface area contributed by atoms with Crippen molar-refractivity contribution in [3.63, 3.8) is 0 Å². The SMILES string of the molecule is C=C/C(=C\C(=C/C)C(F)(F)F)C(C(=O)NC1CCC(F)(F)CC1)N(C(C)=O)c1ccc(C2CC2)cc1F.CCC.CCC.CCC1CCC1. The second-order valence-electron chi connectivity index (χ2n) is 13.1. The lowest BCUT2D eigenvalue weighted by Gasteiger charge is -2.34. The Kier molecular flexibility index (Phi) is 19.1. The zero-order valence-electron chi connectivity index (χ0n) is 30.5. The molecule has 0 heterocycles. The van der Waals surface area contributed by atoms with E-state index in [9.17, 15) is 31.5 Å². The fourth-order valence-corrected chi connectivity index (χ4v) is 5.42. The quantitative estimate of drug-likeness (QED) is 0.206. The van der Waals surface area contributed by atoms with Gasteiger partial charge in [0.25, 0.3) is 0 Å². The summed E-state index contributed by atoms with van der Waals surface area (Å²) in [6.07, 6.45) is 6.92. The lowest BCUT2D eigenvalue weighted by molar-refractivity contribution is -0.126. The van der Waals surface area contributed by atoms with E-state index in [-0.39, 0.29) is 30.0 Å². The third kappa shape index (κ3) is 14.8. The van der Waals surface area contributed by atoms with E-state index in [1.807, 2.05) is 0 Å². The van der Waals surface area contributed by atoms with E-state index in [2.05, 4.69) is 46.5 Å². The Morgan fingerprint density at radius 2 is 1.55 bits per heavy atom. The summed E-state index contributed by atoms with van der Waals surface area (Å²) in [5, 5.41) is 2.59. The third-order valence-electron chi connectivity index (χ3n) is 8.50. The van der Waals surface area contributed by atoms with E-state index >= 15 is 4.39 Å². The van der Waals surface area contributed by atoms with E-state index < -0.39 is 60.2 Å². The number of halogens is 6. The van der Waals surface area contributed by atoms with Gasteiger partial charge in [-0.2, -0.15) is 13.2 Å². The van der Waals surface area contributed by atoms with Gasteiger partial charge in [0.2, 0.25) is 17.7 Å². The number of hydrogen-bond donors (Lipinski definition) is 1. The first-order chi connectivity index (χ1) is 23.0. The summed E-state index contributed by atoms with van der Waals surface area (Å²) in [7, 11) is 0. The minimum atomic E-state index is -4.77. The highest BCUT2D eigenvalue weighted by molar-refractivity contribution is 6.02. The smallest absolute Gasteiger partial charge is 0.351 e. The van der Waals surface area contributed by atoms with Crippen LogP contribution in [0.2, 0.25) is 0 Å². The predicted octanol–water partition coefficient (Wildman–Crippen LogP) is 11.8. The van der Waals surface area contributed by atoms with Gasteiger partial charge in [-0.3, -0.25) is 14.5 Å². The summed E-state index contributed by atoms with van der Waals surface area (Å²) in [6.45, 7) is 16.5. The number of hydrogen-bond acceptors (Lipinski definition) is 2. The molecule has 0 saturated heterocycles. The van der Waals surface area contributed by atoms with Crippen LogP contribution in [0.1, 0.15) is 137 Å². The normalized spacial score (nSPS) is 18.6. The van der Waals surface area contributed by atoms with Gasteiger partial charge in [-0.05, 0) is 73.8 Å². The Hall–Kier alpha value is -3.04. The molecule has 0 aromatic heterocycles. The Morgan fingerprint density at radius 1 is 1.00 bits per heavy atom. The van der Waals surface area contributed by atoms with Gasteiger partial charge in [0.05, 0.1) is 11.3 Å². The largest absolute Gasteiger partial charge is 0.416 e. The van der Waals surface area contributed by atoms with Crippen molar-refractivity contribution < 1.29 is 35.9 Å². The second kappa shape index (κ2) is 21.2. The van der Waals surface area contributed by atoms with Crippen molar-refractivity contribution in [2.24, 2.45) is 5.92 Å². The van der Waals surface area contributed by atoms with Crippen LogP contribution < -0.4 is 10.2 Å². The standard InChI is InChI=1S/C27H30F6N2O2.C6H12.2C3H8/c1-4-17(14-20(5-2)27(31,32)33)24(25(37)34-21-10-12-26(29,30)13-11-21)35(16(3)36)23-9-8-19(15-22(23)28)18-6-7-18;1-2-6-4-3-5-6;2*1-3-2/h4-5,8-9,14-15,18,21,24H,1,6-7,10-13H2,2-3H3,(H,34,37);6H,2-5H2,1H3;2*3H2,1-2H3/b17-14+,20-5+;;;.